The molecule has 1 aromatic heterocycles. The van der Waals surface area contributed by atoms with Gasteiger partial charge in [-0.3, -0.25) is 4.99 Å². The van der Waals surface area contributed by atoms with Crippen molar-refractivity contribution in [3.05, 3.63) is 53.7 Å². The highest BCUT2D eigenvalue weighted by Crippen LogP contribution is 2.16. The van der Waals surface area contributed by atoms with Crippen LogP contribution in [0.25, 0.3) is 0 Å². The smallest absolute Gasteiger partial charge is 0.191 e. The molecular weight excluding hydrogens is 484 g/mol. The minimum absolute atomic E-state index is 0. The Morgan fingerprint density at radius 2 is 1.96 bits per heavy atom. The molecule has 0 amide bonds. The molecule has 1 heterocycles. The Morgan fingerprint density at radius 1 is 1.26 bits per heavy atom. The number of guanidine groups is 1. The van der Waals surface area contributed by atoms with Crippen LogP contribution >= 0.6 is 24.0 Å². The van der Waals surface area contributed by atoms with E-state index >= 15 is 0 Å². The molecule has 0 aliphatic heterocycles. The summed E-state index contributed by atoms with van der Waals surface area (Å²) in [6.07, 6.45) is 0. The monoisotopic (exact) mass is 509 g/mol. The third-order valence-corrected chi connectivity index (χ3v) is 5.41. The number of halogens is 2. The van der Waals surface area contributed by atoms with E-state index < -0.39 is 15.7 Å². The van der Waals surface area contributed by atoms with E-state index in [1.54, 1.807) is 0 Å². The first-order chi connectivity index (χ1) is 12.3. The van der Waals surface area contributed by atoms with Gasteiger partial charge in [-0.1, -0.05) is 12.1 Å². The quantitative estimate of drug-likeness (QED) is 0.340. The van der Waals surface area contributed by atoms with Crippen molar-refractivity contribution in [2.24, 2.45) is 4.99 Å². The van der Waals surface area contributed by atoms with Gasteiger partial charge >= 0.3 is 0 Å². The lowest BCUT2D eigenvalue weighted by molar-refractivity contribution is 0.441. The van der Waals surface area contributed by atoms with E-state index in [0.29, 0.717) is 12.5 Å². The molecule has 2 N–H and O–H groups in total. The van der Waals surface area contributed by atoms with Gasteiger partial charge in [0.05, 0.1) is 18.3 Å². The lowest BCUT2D eigenvalue weighted by atomic mass is 10.2. The first-order valence-corrected chi connectivity index (χ1v) is 10.1. The summed E-state index contributed by atoms with van der Waals surface area (Å²) in [6, 6.07) is 8.96. The van der Waals surface area contributed by atoms with Gasteiger partial charge in [0.2, 0.25) is 0 Å². The summed E-state index contributed by atoms with van der Waals surface area (Å²) in [4.78, 5) is 3.98. The molecule has 150 valence electrons. The van der Waals surface area contributed by atoms with Crippen LogP contribution in [0.5, 0.6) is 0 Å². The molecule has 0 radical (unpaired) electrons. The molecule has 1 atom stereocenters. The standard InChI is InChI=1S/C18H24FN3O3S.HI/c1-4-20-18(22-14(3)16-10-9-13(2)25-16)21-11-12-26(23,24)17-8-6-5-7-15(17)19;/h5-10,14H,4,11-12H2,1-3H3,(H2,20,21,22);1H. The fourth-order valence-electron chi connectivity index (χ4n) is 2.37. The second kappa shape index (κ2) is 10.6. The third kappa shape index (κ3) is 6.80. The largest absolute Gasteiger partial charge is 0.464 e. The first kappa shape index (κ1) is 23.4. The average Bonchev–Trinajstić information content (AvgIpc) is 3.01. The van der Waals surface area contributed by atoms with E-state index in [0.717, 1.165) is 17.6 Å². The molecule has 27 heavy (non-hydrogen) atoms. The van der Waals surface area contributed by atoms with Crippen LogP contribution in [0.1, 0.15) is 31.4 Å². The molecule has 1 aromatic carbocycles. The summed E-state index contributed by atoms with van der Waals surface area (Å²) in [5.41, 5.74) is 0. The zero-order chi connectivity index (χ0) is 19.2. The molecule has 0 spiro atoms. The number of nitrogens with zero attached hydrogens (tertiary/aromatic N) is 1. The maximum atomic E-state index is 13.7. The molecule has 0 saturated carbocycles. The Labute approximate surface area is 176 Å². The summed E-state index contributed by atoms with van der Waals surface area (Å²) in [5.74, 6) is 1.01. The van der Waals surface area contributed by atoms with E-state index in [1.165, 1.54) is 18.2 Å². The zero-order valence-electron chi connectivity index (χ0n) is 15.5. The Balaban J connectivity index is 0.00000364. The summed E-state index contributed by atoms with van der Waals surface area (Å²) in [7, 11) is -3.74. The van der Waals surface area contributed by atoms with Gasteiger partial charge in [-0.2, -0.15) is 0 Å². The second-order valence-corrected chi connectivity index (χ2v) is 7.90. The lowest BCUT2D eigenvalue weighted by Gasteiger charge is -2.16. The highest BCUT2D eigenvalue weighted by molar-refractivity contribution is 14.0. The van der Waals surface area contributed by atoms with Gasteiger partial charge in [0.25, 0.3) is 0 Å². The van der Waals surface area contributed by atoms with Gasteiger partial charge < -0.3 is 15.1 Å². The van der Waals surface area contributed by atoms with E-state index in [4.69, 9.17) is 4.42 Å². The SMILES string of the molecule is CCNC(=NCCS(=O)(=O)c1ccccc1F)NC(C)c1ccc(C)o1.I. The highest BCUT2D eigenvalue weighted by atomic mass is 127. The number of aliphatic imine (C=N–C) groups is 1. The lowest BCUT2D eigenvalue weighted by Crippen LogP contribution is -2.39. The van der Waals surface area contributed by atoms with Crippen LogP contribution in [0, 0.1) is 12.7 Å². The molecule has 2 rings (SSSR count). The van der Waals surface area contributed by atoms with Crippen LogP contribution in [0.15, 0.2) is 50.7 Å². The predicted octanol–water partition coefficient (Wildman–Crippen LogP) is 3.44. The molecule has 2 aromatic rings. The van der Waals surface area contributed by atoms with Crippen LogP contribution < -0.4 is 10.6 Å². The predicted molar refractivity (Wildman–Crippen MR) is 115 cm³/mol. The Hall–Kier alpha value is -1.62. The van der Waals surface area contributed by atoms with Gasteiger partial charge in [-0.05, 0) is 45.0 Å². The zero-order valence-corrected chi connectivity index (χ0v) is 18.7. The van der Waals surface area contributed by atoms with Crippen molar-refractivity contribution < 1.29 is 17.2 Å². The summed E-state index contributed by atoms with van der Waals surface area (Å²) >= 11 is 0. The van der Waals surface area contributed by atoms with E-state index in [9.17, 15) is 12.8 Å². The number of hydrogen-bond donors (Lipinski definition) is 2. The first-order valence-electron chi connectivity index (χ1n) is 8.42. The van der Waals surface area contributed by atoms with Crippen molar-refractivity contribution in [1.29, 1.82) is 0 Å². The summed E-state index contributed by atoms with van der Waals surface area (Å²) in [5, 5.41) is 6.22. The molecule has 0 bridgehead atoms. The number of rotatable bonds is 7. The molecule has 0 saturated heterocycles. The average molecular weight is 509 g/mol. The Morgan fingerprint density at radius 3 is 2.56 bits per heavy atom. The molecule has 0 fully saturated rings. The number of hydrogen-bond acceptors (Lipinski definition) is 4. The number of nitrogens with one attached hydrogen (secondary N) is 2. The van der Waals surface area contributed by atoms with Crippen molar-refractivity contribution in [3.63, 3.8) is 0 Å². The van der Waals surface area contributed by atoms with Crippen molar-refractivity contribution in [2.75, 3.05) is 18.8 Å². The maximum Gasteiger partial charge on any atom is 0.191 e. The normalized spacial score (nSPS) is 13.0. The Bertz CT molecular complexity index is 868. The highest BCUT2D eigenvalue weighted by Gasteiger charge is 2.18. The van der Waals surface area contributed by atoms with E-state index in [-0.39, 0.29) is 47.2 Å². The minimum Gasteiger partial charge on any atom is -0.464 e. The summed E-state index contributed by atoms with van der Waals surface area (Å²) in [6.45, 7) is 6.32. The van der Waals surface area contributed by atoms with Crippen molar-refractivity contribution >= 4 is 39.8 Å². The topological polar surface area (TPSA) is 83.7 Å². The third-order valence-electron chi connectivity index (χ3n) is 3.69. The van der Waals surface area contributed by atoms with Gasteiger partial charge in [0.1, 0.15) is 22.2 Å². The van der Waals surface area contributed by atoms with Crippen LogP contribution in [0.3, 0.4) is 0 Å². The van der Waals surface area contributed by atoms with Gasteiger partial charge in [-0.15, -0.1) is 24.0 Å². The fraction of sp³-hybridized carbons (Fsp3) is 0.389. The number of benzene rings is 1. The Kier molecular flexibility index (Phi) is 9.23. The van der Waals surface area contributed by atoms with E-state index in [2.05, 4.69) is 15.6 Å². The fourth-order valence-corrected chi connectivity index (χ4v) is 3.57. The van der Waals surface area contributed by atoms with E-state index in [1.807, 2.05) is 32.9 Å². The number of aryl methyl sites for hydroxylation is 1. The van der Waals surface area contributed by atoms with Crippen LogP contribution in [-0.4, -0.2) is 33.2 Å². The molecule has 0 aliphatic carbocycles. The van der Waals surface area contributed by atoms with Crippen molar-refractivity contribution in [2.45, 2.75) is 31.7 Å². The molecule has 6 nitrogen and oxygen atoms in total. The van der Waals surface area contributed by atoms with Gasteiger partial charge in [0.15, 0.2) is 15.8 Å². The van der Waals surface area contributed by atoms with Crippen LogP contribution in [0.2, 0.25) is 0 Å². The molecular formula is C18H25FIN3O3S. The summed E-state index contributed by atoms with van der Waals surface area (Å²) < 4.78 is 43.8. The van der Waals surface area contributed by atoms with Crippen molar-refractivity contribution in [1.82, 2.24) is 10.6 Å². The van der Waals surface area contributed by atoms with Crippen LogP contribution in [0.4, 0.5) is 4.39 Å². The molecule has 9 heteroatoms. The maximum absolute atomic E-state index is 13.7. The molecule has 0 aliphatic rings. The number of sulfone groups is 1. The minimum atomic E-state index is -3.74. The number of furan rings is 1. The second-order valence-electron chi connectivity index (χ2n) is 5.82. The van der Waals surface area contributed by atoms with Gasteiger partial charge in [0, 0.05) is 6.54 Å². The van der Waals surface area contributed by atoms with Crippen LogP contribution in [-0.2, 0) is 9.84 Å². The molecule has 1 unspecified atom stereocenters. The van der Waals surface area contributed by atoms with Gasteiger partial charge in [-0.25, -0.2) is 12.8 Å². The van der Waals surface area contributed by atoms with Crippen molar-refractivity contribution in [3.8, 4) is 0 Å².